The van der Waals surface area contributed by atoms with E-state index in [-0.39, 0.29) is 15.9 Å². The van der Waals surface area contributed by atoms with E-state index in [0.29, 0.717) is 0 Å². The molecule has 0 radical (unpaired) electrons. The van der Waals surface area contributed by atoms with Crippen LogP contribution in [0.1, 0.15) is 10.4 Å². The standard InChI is InChI=1S/C9H10BrFN2O/c1-13(2)12-9(14)6-4-3-5-7(11)8(6)10/h3-5H,1-2H3,(H,12,14). The molecule has 1 aromatic rings. The fraction of sp³-hybridized carbons (Fsp3) is 0.222. The van der Waals surface area contributed by atoms with Gasteiger partial charge in [0.15, 0.2) is 0 Å². The monoisotopic (exact) mass is 260 g/mol. The quantitative estimate of drug-likeness (QED) is 0.823. The lowest BCUT2D eigenvalue weighted by Gasteiger charge is -2.12. The smallest absolute Gasteiger partial charge is 0.266 e. The van der Waals surface area contributed by atoms with Crippen molar-refractivity contribution in [2.45, 2.75) is 0 Å². The molecule has 0 aliphatic carbocycles. The zero-order valence-electron chi connectivity index (χ0n) is 7.84. The molecule has 0 aliphatic rings. The van der Waals surface area contributed by atoms with Gasteiger partial charge in [-0.1, -0.05) is 6.07 Å². The molecular weight excluding hydrogens is 251 g/mol. The van der Waals surface area contributed by atoms with Crippen LogP contribution in [0.15, 0.2) is 22.7 Å². The molecule has 0 spiro atoms. The highest BCUT2D eigenvalue weighted by Crippen LogP contribution is 2.19. The summed E-state index contributed by atoms with van der Waals surface area (Å²) in [6.07, 6.45) is 0. The van der Waals surface area contributed by atoms with Crippen LogP contribution < -0.4 is 5.43 Å². The van der Waals surface area contributed by atoms with Gasteiger partial charge < -0.3 is 0 Å². The highest BCUT2D eigenvalue weighted by Gasteiger charge is 2.12. The Kier molecular flexibility index (Phi) is 3.60. The van der Waals surface area contributed by atoms with Crippen LogP contribution in [-0.2, 0) is 0 Å². The number of nitrogens with zero attached hydrogens (tertiary/aromatic N) is 1. The molecule has 76 valence electrons. The third-order valence-electron chi connectivity index (χ3n) is 1.52. The van der Waals surface area contributed by atoms with Crippen LogP contribution in [0.3, 0.4) is 0 Å². The number of hydrogen-bond donors (Lipinski definition) is 1. The summed E-state index contributed by atoms with van der Waals surface area (Å²) in [6.45, 7) is 0. The van der Waals surface area contributed by atoms with Gasteiger partial charge in [0, 0.05) is 14.1 Å². The summed E-state index contributed by atoms with van der Waals surface area (Å²) < 4.78 is 13.2. The van der Waals surface area contributed by atoms with Crippen LogP contribution in [0.4, 0.5) is 4.39 Å². The second-order valence-corrected chi connectivity index (χ2v) is 3.73. The van der Waals surface area contributed by atoms with Gasteiger partial charge in [0.1, 0.15) is 5.82 Å². The van der Waals surface area contributed by atoms with Gasteiger partial charge in [0.25, 0.3) is 5.91 Å². The lowest BCUT2D eigenvalue weighted by atomic mass is 10.2. The summed E-state index contributed by atoms with van der Waals surface area (Å²) in [5, 5.41) is 1.50. The molecule has 1 aromatic carbocycles. The highest BCUT2D eigenvalue weighted by atomic mass is 79.9. The summed E-state index contributed by atoms with van der Waals surface area (Å²) in [5.41, 5.74) is 2.80. The van der Waals surface area contributed by atoms with Gasteiger partial charge >= 0.3 is 0 Å². The molecule has 0 saturated heterocycles. The van der Waals surface area contributed by atoms with E-state index in [4.69, 9.17) is 0 Å². The van der Waals surface area contributed by atoms with Crippen molar-refractivity contribution in [1.82, 2.24) is 10.4 Å². The van der Waals surface area contributed by atoms with E-state index < -0.39 is 5.82 Å². The maximum Gasteiger partial charge on any atom is 0.266 e. The largest absolute Gasteiger partial charge is 0.285 e. The van der Waals surface area contributed by atoms with Crippen molar-refractivity contribution < 1.29 is 9.18 Å². The molecule has 0 atom stereocenters. The Morgan fingerprint density at radius 2 is 2.14 bits per heavy atom. The van der Waals surface area contributed by atoms with E-state index >= 15 is 0 Å². The van der Waals surface area contributed by atoms with E-state index in [0.717, 1.165) is 0 Å². The van der Waals surface area contributed by atoms with Crippen molar-refractivity contribution in [2.24, 2.45) is 0 Å². The van der Waals surface area contributed by atoms with Crippen molar-refractivity contribution in [3.8, 4) is 0 Å². The molecule has 0 saturated carbocycles. The number of nitrogens with one attached hydrogen (secondary N) is 1. The molecule has 5 heteroatoms. The van der Waals surface area contributed by atoms with E-state index in [1.54, 1.807) is 20.2 Å². The third-order valence-corrected chi connectivity index (χ3v) is 2.33. The first-order chi connectivity index (χ1) is 6.52. The first kappa shape index (κ1) is 11.1. The Hall–Kier alpha value is -0.940. The van der Waals surface area contributed by atoms with Crippen LogP contribution in [0, 0.1) is 5.82 Å². The SMILES string of the molecule is CN(C)NC(=O)c1cccc(F)c1Br. The van der Waals surface area contributed by atoms with Gasteiger partial charge in [0.2, 0.25) is 0 Å². The predicted octanol–water partition coefficient (Wildman–Crippen LogP) is 1.79. The first-order valence-electron chi connectivity index (χ1n) is 3.94. The summed E-state index contributed by atoms with van der Waals surface area (Å²) in [7, 11) is 3.37. The van der Waals surface area contributed by atoms with Crippen LogP contribution in [0.25, 0.3) is 0 Å². The van der Waals surface area contributed by atoms with Crippen molar-refractivity contribution in [3.05, 3.63) is 34.1 Å². The molecule has 0 heterocycles. The average molecular weight is 261 g/mol. The Bertz CT molecular complexity index is 355. The topological polar surface area (TPSA) is 32.3 Å². The molecule has 1 rings (SSSR count). The summed E-state index contributed by atoms with van der Waals surface area (Å²) >= 11 is 3.02. The Morgan fingerprint density at radius 1 is 1.50 bits per heavy atom. The third kappa shape index (κ3) is 2.52. The fourth-order valence-electron chi connectivity index (χ4n) is 0.942. The predicted molar refractivity (Wildman–Crippen MR) is 55.3 cm³/mol. The Labute approximate surface area is 90.0 Å². The maximum absolute atomic E-state index is 13.0. The van der Waals surface area contributed by atoms with E-state index in [9.17, 15) is 9.18 Å². The van der Waals surface area contributed by atoms with Crippen molar-refractivity contribution in [2.75, 3.05) is 14.1 Å². The maximum atomic E-state index is 13.0. The zero-order valence-corrected chi connectivity index (χ0v) is 9.43. The molecule has 0 bridgehead atoms. The number of carbonyl (C=O) groups excluding carboxylic acids is 1. The molecule has 0 unspecified atom stereocenters. The minimum absolute atomic E-state index is 0.180. The van der Waals surface area contributed by atoms with Gasteiger partial charge in [-0.3, -0.25) is 10.2 Å². The number of hydrogen-bond acceptors (Lipinski definition) is 2. The molecule has 0 fully saturated rings. The first-order valence-corrected chi connectivity index (χ1v) is 4.74. The van der Waals surface area contributed by atoms with Gasteiger partial charge in [0.05, 0.1) is 10.0 Å². The average Bonchev–Trinajstić information content (AvgIpc) is 2.08. The second-order valence-electron chi connectivity index (χ2n) is 2.94. The number of rotatable bonds is 2. The van der Waals surface area contributed by atoms with E-state index in [2.05, 4.69) is 21.4 Å². The minimum atomic E-state index is -0.448. The molecule has 3 nitrogen and oxygen atoms in total. The molecular formula is C9H10BrFN2O. The molecule has 0 aliphatic heterocycles. The van der Waals surface area contributed by atoms with Crippen molar-refractivity contribution >= 4 is 21.8 Å². The van der Waals surface area contributed by atoms with Crippen LogP contribution in [0.5, 0.6) is 0 Å². The van der Waals surface area contributed by atoms with Gasteiger partial charge in [-0.05, 0) is 28.1 Å². The minimum Gasteiger partial charge on any atom is -0.285 e. The van der Waals surface area contributed by atoms with E-state index in [1.807, 2.05) is 0 Å². The number of hydrazine groups is 1. The summed E-state index contributed by atoms with van der Waals surface area (Å²) in [5.74, 6) is -0.794. The van der Waals surface area contributed by atoms with Crippen LogP contribution >= 0.6 is 15.9 Å². The fourth-order valence-corrected chi connectivity index (χ4v) is 1.39. The van der Waals surface area contributed by atoms with Crippen LogP contribution in [-0.4, -0.2) is 25.0 Å². The van der Waals surface area contributed by atoms with Gasteiger partial charge in [-0.2, -0.15) is 0 Å². The zero-order chi connectivity index (χ0) is 10.7. The van der Waals surface area contributed by atoms with Gasteiger partial charge in [-0.15, -0.1) is 0 Å². The summed E-state index contributed by atoms with van der Waals surface area (Å²) in [4.78, 5) is 11.5. The molecule has 1 N–H and O–H groups in total. The van der Waals surface area contributed by atoms with Crippen molar-refractivity contribution in [1.29, 1.82) is 0 Å². The summed E-state index contributed by atoms with van der Waals surface area (Å²) in [6, 6.07) is 4.33. The lowest BCUT2D eigenvalue weighted by Crippen LogP contribution is -2.36. The number of amides is 1. The second kappa shape index (κ2) is 4.52. The number of halogens is 2. The molecule has 0 aromatic heterocycles. The Balaban J connectivity index is 2.96. The molecule has 1 amide bonds. The number of carbonyl (C=O) groups is 1. The number of benzene rings is 1. The van der Waals surface area contributed by atoms with Crippen LogP contribution in [0.2, 0.25) is 0 Å². The Morgan fingerprint density at radius 3 is 2.71 bits per heavy atom. The normalized spacial score (nSPS) is 10.4. The van der Waals surface area contributed by atoms with E-state index in [1.165, 1.54) is 17.1 Å². The molecule has 14 heavy (non-hydrogen) atoms. The highest BCUT2D eigenvalue weighted by molar-refractivity contribution is 9.10. The lowest BCUT2D eigenvalue weighted by molar-refractivity contribution is 0.0855. The van der Waals surface area contributed by atoms with Gasteiger partial charge in [-0.25, -0.2) is 9.40 Å². The van der Waals surface area contributed by atoms with Crippen molar-refractivity contribution in [3.63, 3.8) is 0 Å².